The Labute approximate surface area is 148 Å². The molecule has 1 N–H and O–H groups in total. The molecule has 1 atom stereocenters. The average molecular weight is 339 g/mol. The van der Waals surface area contributed by atoms with Crippen LogP contribution in [0.5, 0.6) is 0 Å². The van der Waals surface area contributed by atoms with E-state index >= 15 is 0 Å². The molecule has 1 aromatic heterocycles. The molecule has 0 spiro atoms. The molecule has 1 unspecified atom stereocenters. The molecule has 25 heavy (non-hydrogen) atoms. The van der Waals surface area contributed by atoms with Gasteiger partial charge in [-0.1, -0.05) is 30.3 Å². The maximum absolute atomic E-state index is 12.6. The zero-order valence-electron chi connectivity index (χ0n) is 15.1. The van der Waals surface area contributed by atoms with E-state index in [0.717, 1.165) is 31.7 Å². The number of nitrogens with one attached hydrogen (secondary N) is 1. The molecule has 132 valence electrons. The van der Waals surface area contributed by atoms with Gasteiger partial charge in [-0.3, -0.25) is 4.79 Å². The summed E-state index contributed by atoms with van der Waals surface area (Å²) >= 11 is 0. The van der Waals surface area contributed by atoms with Crippen molar-refractivity contribution in [3.63, 3.8) is 0 Å². The van der Waals surface area contributed by atoms with Crippen molar-refractivity contribution in [2.45, 2.75) is 19.9 Å². The van der Waals surface area contributed by atoms with Crippen LogP contribution in [0.3, 0.4) is 0 Å². The molecule has 2 heterocycles. The predicted octanol–water partition coefficient (Wildman–Crippen LogP) is 2.03. The highest BCUT2D eigenvalue weighted by atomic mass is 16.1. The molecule has 1 aliphatic rings. The number of carbonyl (C=O) groups excluding carboxylic acids is 1. The van der Waals surface area contributed by atoms with E-state index in [4.69, 9.17) is 0 Å². The van der Waals surface area contributed by atoms with Gasteiger partial charge in [-0.25, -0.2) is 9.97 Å². The lowest BCUT2D eigenvalue weighted by atomic mass is 10.1. The van der Waals surface area contributed by atoms with Crippen molar-refractivity contribution in [1.29, 1.82) is 0 Å². The standard InChI is InChI=1S/C19H25N5O/c1-14(16-7-5-4-6-8-16)21-18(25)17-13-20-19(22-15(17)2)24-11-9-23(3)10-12-24/h4-8,13-14H,9-12H2,1-3H3,(H,21,25). The topological polar surface area (TPSA) is 61.4 Å². The fourth-order valence-corrected chi connectivity index (χ4v) is 2.94. The largest absolute Gasteiger partial charge is 0.345 e. The Hall–Kier alpha value is -2.47. The summed E-state index contributed by atoms with van der Waals surface area (Å²) in [6.07, 6.45) is 1.64. The summed E-state index contributed by atoms with van der Waals surface area (Å²) in [6, 6.07) is 9.85. The van der Waals surface area contributed by atoms with Gasteiger partial charge < -0.3 is 15.1 Å². The Bertz CT molecular complexity index is 726. The maximum atomic E-state index is 12.6. The molecule has 1 saturated heterocycles. The SMILES string of the molecule is Cc1nc(N2CCN(C)CC2)ncc1C(=O)NC(C)c1ccccc1. The summed E-state index contributed by atoms with van der Waals surface area (Å²) < 4.78 is 0. The quantitative estimate of drug-likeness (QED) is 0.923. The Kier molecular flexibility index (Phi) is 5.28. The van der Waals surface area contributed by atoms with Gasteiger partial charge in [-0.15, -0.1) is 0 Å². The molecular weight excluding hydrogens is 314 g/mol. The fourth-order valence-electron chi connectivity index (χ4n) is 2.94. The normalized spacial score (nSPS) is 16.5. The van der Waals surface area contributed by atoms with Crippen molar-refractivity contribution in [1.82, 2.24) is 20.2 Å². The van der Waals surface area contributed by atoms with Crippen LogP contribution in [0.15, 0.2) is 36.5 Å². The third-order valence-electron chi connectivity index (χ3n) is 4.64. The van der Waals surface area contributed by atoms with Crippen LogP contribution in [-0.4, -0.2) is 54.0 Å². The number of likely N-dealkylation sites (N-methyl/N-ethyl adjacent to an activating group) is 1. The third-order valence-corrected chi connectivity index (χ3v) is 4.64. The Morgan fingerprint density at radius 1 is 1.16 bits per heavy atom. The molecule has 1 aromatic carbocycles. The highest BCUT2D eigenvalue weighted by Crippen LogP contribution is 2.16. The molecule has 1 fully saturated rings. The highest BCUT2D eigenvalue weighted by Gasteiger charge is 2.19. The van der Waals surface area contributed by atoms with Gasteiger partial charge in [-0.05, 0) is 26.5 Å². The third kappa shape index (κ3) is 4.14. The molecule has 6 nitrogen and oxygen atoms in total. The Morgan fingerprint density at radius 3 is 2.48 bits per heavy atom. The van der Waals surface area contributed by atoms with E-state index in [1.807, 2.05) is 44.2 Å². The first-order valence-corrected chi connectivity index (χ1v) is 8.67. The van der Waals surface area contributed by atoms with E-state index < -0.39 is 0 Å². The smallest absolute Gasteiger partial charge is 0.255 e. The van der Waals surface area contributed by atoms with Gasteiger partial charge in [0.05, 0.1) is 17.3 Å². The van der Waals surface area contributed by atoms with Crippen molar-refractivity contribution in [2.24, 2.45) is 0 Å². The summed E-state index contributed by atoms with van der Waals surface area (Å²) in [5.74, 6) is 0.567. The van der Waals surface area contributed by atoms with Crippen molar-refractivity contribution in [3.05, 3.63) is 53.3 Å². The Balaban J connectivity index is 1.69. The molecule has 1 amide bonds. The van der Waals surface area contributed by atoms with E-state index in [1.165, 1.54) is 0 Å². The van der Waals surface area contributed by atoms with Gasteiger partial charge in [0.1, 0.15) is 0 Å². The fraction of sp³-hybridized carbons (Fsp3) is 0.421. The zero-order valence-corrected chi connectivity index (χ0v) is 15.1. The number of amides is 1. The number of anilines is 1. The average Bonchev–Trinajstić information content (AvgIpc) is 2.62. The van der Waals surface area contributed by atoms with Gasteiger partial charge in [0.2, 0.25) is 5.95 Å². The van der Waals surface area contributed by atoms with Gasteiger partial charge in [0.25, 0.3) is 5.91 Å². The van der Waals surface area contributed by atoms with Gasteiger partial charge in [0, 0.05) is 32.4 Å². The van der Waals surface area contributed by atoms with Gasteiger partial charge in [0.15, 0.2) is 0 Å². The number of aromatic nitrogens is 2. The molecule has 3 rings (SSSR count). The molecule has 6 heteroatoms. The van der Waals surface area contributed by atoms with E-state index in [-0.39, 0.29) is 11.9 Å². The minimum atomic E-state index is -0.140. The van der Waals surface area contributed by atoms with Gasteiger partial charge in [-0.2, -0.15) is 0 Å². The summed E-state index contributed by atoms with van der Waals surface area (Å²) in [5.41, 5.74) is 2.31. The van der Waals surface area contributed by atoms with Crippen LogP contribution in [0.25, 0.3) is 0 Å². The second-order valence-electron chi connectivity index (χ2n) is 6.57. The second kappa shape index (κ2) is 7.61. The van der Waals surface area contributed by atoms with Crippen LogP contribution >= 0.6 is 0 Å². The number of rotatable bonds is 4. The number of benzene rings is 1. The molecular formula is C19H25N5O. The number of carbonyl (C=O) groups is 1. The Morgan fingerprint density at radius 2 is 1.84 bits per heavy atom. The monoisotopic (exact) mass is 339 g/mol. The van der Waals surface area contributed by atoms with E-state index in [2.05, 4.69) is 32.1 Å². The zero-order chi connectivity index (χ0) is 17.8. The van der Waals surface area contributed by atoms with Gasteiger partial charge >= 0.3 is 0 Å². The minimum absolute atomic E-state index is 0.0644. The van der Waals surface area contributed by atoms with Crippen LogP contribution in [-0.2, 0) is 0 Å². The number of piperazine rings is 1. The lowest BCUT2D eigenvalue weighted by Crippen LogP contribution is -2.45. The number of hydrogen-bond donors (Lipinski definition) is 1. The molecule has 0 radical (unpaired) electrons. The lowest BCUT2D eigenvalue weighted by molar-refractivity contribution is 0.0938. The van der Waals surface area contributed by atoms with Crippen molar-refractivity contribution >= 4 is 11.9 Å². The van der Waals surface area contributed by atoms with E-state index in [9.17, 15) is 4.79 Å². The van der Waals surface area contributed by atoms with Crippen molar-refractivity contribution in [3.8, 4) is 0 Å². The summed E-state index contributed by atoms with van der Waals surface area (Å²) in [7, 11) is 2.12. The molecule has 0 saturated carbocycles. The first kappa shape index (κ1) is 17.4. The molecule has 2 aromatic rings. The van der Waals surface area contributed by atoms with Crippen LogP contribution in [0, 0.1) is 6.92 Å². The first-order chi connectivity index (χ1) is 12.0. The maximum Gasteiger partial charge on any atom is 0.255 e. The van der Waals surface area contributed by atoms with Crippen LogP contribution < -0.4 is 10.2 Å². The number of nitrogens with zero attached hydrogens (tertiary/aromatic N) is 4. The summed E-state index contributed by atoms with van der Waals surface area (Å²) in [4.78, 5) is 26.0. The second-order valence-corrected chi connectivity index (χ2v) is 6.57. The lowest BCUT2D eigenvalue weighted by Gasteiger charge is -2.32. The van der Waals surface area contributed by atoms with Crippen LogP contribution in [0.2, 0.25) is 0 Å². The predicted molar refractivity (Wildman–Crippen MR) is 98.8 cm³/mol. The number of hydrogen-bond acceptors (Lipinski definition) is 5. The summed E-state index contributed by atoms with van der Waals surface area (Å²) in [6.45, 7) is 7.66. The molecule has 0 aliphatic carbocycles. The first-order valence-electron chi connectivity index (χ1n) is 8.67. The molecule has 1 aliphatic heterocycles. The highest BCUT2D eigenvalue weighted by molar-refractivity contribution is 5.95. The van der Waals surface area contributed by atoms with Crippen molar-refractivity contribution in [2.75, 3.05) is 38.1 Å². The van der Waals surface area contributed by atoms with E-state index in [1.54, 1.807) is 6.20 Å². The summed E-state index contributed by atoms with van der Waals surface area (Å²) in [5, 5.41) is 3.02. The minimum Gasteiger partial charge on any atom is -0.345 e. The van der Waals surface area contributed by atoms with E-state index in [0.29, 0.717) is 17.2 Å². The van der Waals surface area contributed by atoms with Crippen molar-refractivity contribution < 1.29 is 4.79 Å². The number of aryl methyl sites for hydroxylation is 1. The van der Waals surface area contributed by atoms with Crippen LogP contribution in [0.1, 0.15) is 34.6 Å². The molecule has 0 bridgehead atoms. The van der Waals surface area contributed by atoms with Crippen LogP contribution in [0.4, 0.5) is 5.95 Å².